The lowest BCUT2D eigenvalue weighted by Crippen LogP contribution is -2.35. The van der Waals surface area contributed by atoms with E-state index in [1.54, 1.807) is 25.1 Å². The third kappa shape index (κ3) is 4.60. The molecule has 1 saturated heterocycles. The van der Waals surface area contributed by atoms with Gasteiger partial charge in [0.25, 0.3) is 5.91 Å². The number of piperidine rings is 1. The number of hydrogen-bond donors (Lipinski definition) is 2. The summed E-state index contributed by atoms with van der Waals surface area (Å²) in [5, 5.41) is 5.11. The molecule has 1 aliphatic rings. The number of aryl methyl sites for hydroxylation is 1. The highest BCUT2D eigenvalue weighted by molar-refractivity contribution is 7.89. The Hall–Kier alpha value is -2.65. The Balaban J connectivity index is 1.67. The number of sulfonamides is 1. The maximum Gasteiger partial charge on any atom is 0.287 e. The van der Waals surface area contributed by atoms with Crippen LogP contribution < -0.4 is 10.6 Å². The van der Waals surface area contributed by atoms with Crippen molar-refractivity contribution < 1.29 is 22.4 Å². The molecule has 0 unspecified atom stereocenters. The molecule has 2 amide bonds. The van der Waals surface area contributed by atoms with Crippen LogP contribution in [0.4, 0.5) is 5.69 Å². The van der Waals surface area contributed by atoms with Gasteiger partial charge in [-0.2, -0.15) is 4.31 Å². The molecule has 2 heterocycles. The van der Waals surface area contributed by atoms with Crippen LogP contribution in [0.3, 0.4) is 0 Å². The predicted molar refractivity (Wildman–Crippen MR) is 103 cm³/mol. The second-order valence-corrected chi connectivity index (χ2v) is 8.59. The number of furan rings is 1. The first-order chi connectivity index (χ1) is 13.4. The number of anilines is 1. The van der Waals surface area contributed by atoms with E-state index in [2.05, 4.69) is 10.6 Å². The van der Waals surface area contributed by atoms with Gasteiger partial charge in [-0.25, -0.2) is 8.42 Å². The zero-order chi connectivity index (χ0) is 20.1. The molecule has 1 aromatic carbocycles. The van der Waals surface area contributed by atoms with Crippen molar-refractivity contribution in [1.82, 2.24) is 9.62 Å². The van der Waals surface area contributed by atoms with Crippen LogP contribution in [0, 0.1) is 6.92 Å². The van der Waals surface area contributed by atoms with E-state index in [4.69, 9.17) is 4.42 Å². The van der Waals surface area contributed by atoms with Crippen molar-refractivity contribution >= 4 is 27.5 Å². The van der Waals surface area contributed by atoms with E-state index in [1.165, 1.54) is 22.7 Å². The number of rotatable bonds is 6. The minimum absolute atomic E-state index is 0.110. The quantitative estimate of drug-likeness (QED) is 0.765. The molecule has 8 nitrogen and oxygen atoms in total. The fourth-order valence-electron chi connectivity index (χ4n) is 3.00. The van der Waals surface area contributed by atoms with Crippen LogP contribution in [-0.2, 0) is 14.8 Å². The number of benzene rings is 1. The number of amides is 2. The molecule has 1 fully saturated rings. The van der Waals surface area contributed by atoms with Gasteiger partial charge in [-0.15, -0.1) is 0 Å². The molecule has 3 rings (SSSR count). The first kappa shape index (κ1) is 20.1. The van der Waals surface area contributed by atoms with E-state index < -0.39 is 21.8 Å². The van der Waals surface area contributed by atoms with Crippen molar-refractivity contribution in [3.05, 3.63) is 47.9 Å². The van der Waals surface area contributed by atoms with Gasteiger partial charge in [0.2, 0.25) is 15.9 Å². The van der Waals surface area contributed by atoms with Crippen molar-refractivity contribution in [1.29, 1.82) is 0 Å². The van der Waals surface area contributed by atoms with Crippen molar-refractivity contribution in [2.45, 2.75) is 31.1 Å². The Morgan fingerprint density at radius 2 is 1.89 bits per heavy atom. The van der Waals surface area contributed by atoms with Crippen LogP contribution in [0.1, 0.15) is 35.4 Å². The number of carbonyl (C=O) groups is 2. The molecule has 28 heavy (non-hydrogen) atoms. The second kappa shape index (κ2) is 8.57. The standard InChI is InChI=1S/C19H23N3O5S/c1-14-7-8-15(28(25,26)22-9-3-2-4-10-22)12-16(14)21-18(23)13-20-19(24)17-6-5-11-27-17/h5-8,11-12H,2-4,9-10,13H2,1H3,(H,20,24)(H,21,23). The van der Waals surface area contributed by atoms with Crippen LogP contribution in [-0.4, -0.2) is 44.2 Å². The molecular formula is C19H23N3O5S. The molecular weight excluding hydrogens is 382 g/mol. The normalized spacial score (nSPS) is 15.2. The summed E-state index contributed by atoms with van der Waals surface area (Å²) in [5.41, 5.74) is 1.12. The van der Waals surface area contributed by atoms with Gasteiger partial charge in [0.15, 0.2) is 5.76 Å². The maximum absolute atomic E-state index is 12.8. The summed E-state index contributed by atoms with van der Waals surface area (Å²) in [6.45, 7) is 2.53. The van der Waals surface area contributed by atoms with Gasteiger partial charge in [0.1, 0.15) is 0 Å². The molecule has 0 spiro atoms. The minimum atomic E-state index is -3.59. The highest BCUT2D eigenvalue weighted by atomic mass is 32.2. The Labute approximate surface area is 164 Å². The van der Waals surface area contributed by atoms with Crippen molar-refractivity contribution in [3.63, 3.8) is 0 Å². The van der Waals surface area contributed by atoms with Crippen LogP contribution in [0.5, 0.6) is 0 Å². The molecule has 0 aliphatic carbocycles. The third-order valence-electron chi connectivity index (χ3n) is 4.59. The number of hydrogen-bond acceptors (Lipinski definition) is 5. The summed E-state index contributed by atoms with van der Waals surface area (Å²) in [7, 11) is -3.59. The average Bonchev–Trinajstić information content (AvgIpc) is 3.23. The van der Waals surface area contributed by atoms with Gasteiger partial charge in [-0.3, -0.25) is 9.59 Å². The van der Waals surface area contributed by atoms with Gasteiger partial charge in [-0.1, -0.05) is 12.5 Å². The summed E-state index contributed by atoms with van der Waals surface area (Å²) >= 11 is 0. The fourth-order valence-corrected chi connectivity index (χ4v) is 4.54. The van der Waals surface area contributed by atoms with Crippen molar-refractivity contribution in [2.24, 2.45) is 0 Å². The van der Waals surface area contributed by atoms with Gasteiger partial charge in [-0.05, 0) is 49.6 Å². The summed E-state index contributed by atoms with van der Waals surface area (Å²) in [6, 6.07) is 7.74. The monoisotopic (exact) mass is 405 g/mol. The second-order valence-electron chi connectivity index (χ2n) is 6.65. The molecule has 2 N–H and O–H groups in total. The molecule has 0 bridgehead atoms. The van der Waals surface area contributed by atoms with E-state index in [0.29, 0.717) is 18.8 Å². The molecule has 0 radical (unpaired) electrons. The lowest BCUT2D eigenvalue weighted by Gasteiger charge is -2.26. The van der Waals surface area contributed by atoms with Crippen molar-refractivity contribution in [2.75, 3.05) is 25.0 Å². The zero-order valence-electron chi connectivity index (χ0n) is 15.6. The molecule has 2 aromatic rings. The van der Waals surface area contributed by atoms with Gasteiger partial charge in [0, 0.05) is 18.8 Å². The van der Waals surface area contributed by atoms with E-state index in [-0.39, 0.29) is 17.2 Å². The number of nitrogens with one attached hydrogen (secondary N) is 2. The lowest BCUT2D eigenvalue weighted by atomic mass is 10.2. The van der Waals surface area contributed by atoms with E-state index in [1.807, 2.05) is 0 Å². The zero-order valence-corrected chi connectivity index (χ0v) is 16.4. The number of carbonyl (C=O) groups excluding carboxylic acids is 2. The maximum atomic E-state index is 12.8. The molecule has 9 heteroatoms. The van der Waals surface area contributed by atoms with Gasteiger partial charge in [0.05, 0.1) is 17.7 Å². The Morgan fingerprint density at radius 3 is 2.57 bits per heavy atom. The molecule has 0 atom stereocenters. The fraction of sp³-hybridized carbons (Fsp3) is 0.368. The van der Waals surface area contributed by atoms with E-state index >= 15 is 0 Å². The Bertz CT molecular complexity index is 948. The molecule has 1 aromatic heterocycles. The first-order valence-corrected chi connectivity index (χ1v) is 10.5. The number of nitrogens with zero attached hydrogens (tertiary/aromatic N) is 1. The minimum Gasteiger partial charge on any atom is -0.459 e. The Kier molecular flexibility index (Phi) is 6.15. The SMILES string of the molecule is Cc1ccc(S(=O)(=O)N2CCCCC2)cc1NC(=O)CNC(=O)c1ccco1. The first-order valence-electron chi connectivity index (χ1n) is 9.10. The van der Waals surface area contributed by atoms with Crippen LogP contribution in [0.15, 0.2) is 45.9 Å². The highest BCUT2D eigenvalue weighted by Crippen LogP contribution is 2.25. The van der Waals surface area contributed by atoms with Gasteiger partial charge < -0.3 is 15.1 Å². The third-order valence-corrected chi connectivity index (χ3v) is 6.49. The van der Waals surface area contributed by atoms with E-state index in [0.717, 1.165) is 24.8 Å². The smallest absolute Gasteiger partial charge is 0.287 e. The van der Waals surface area contributed by atoms with Crippen LogP contribution in [0.25, 0.3) is 0 Å². The molecule has 150 valence electrons. The Morgan fingerprint density at radius 1 is 1.14 bits per heavy atom. The summed E-state index contributed by atoms with van der Waals surface area (Å²) in [6.07, 6.45) is 4.10. The average molecular weight is 405 g/mol. The van der Waals surface area contributed by atoms with E-state index in [9.17, 15) is 18.0 Å². The molecule has 1 aliphatic heterocycles. The van der Waals surface area contributed by atoms with Crippen LogP contribution in [0.2, 0.25) is 0 Å². The van der Waals surface area contributed by atoms with Crippen molar-refractivity contribution in [3.8, 4) is 0 Å². The topological polar surface area (TPSA) is 109 Å². The lowest BCUT2D eigenvalue weighted by molar-refractivity contribution is -0.115. The highest BCUT2D eigenvalue weighted by Gasteiger charge is 2.26. The largest absolute Gasteiger partial charge is 0.459 e. The molecule has 0 saturated carbocycles. The summed E-state index contributed by atoms with van der Waals surface area (Å²) in [4.78, 5) is 24.2. The predicted octanol–water partition coefficient (Wildman–Crippen LogP) is 2.13. The van der Waals surface area contributed by atoms with Gasteiger partial charge >= 0.3 is 0 Å². The van der Waals surface area contributed by atoms with Crippen LogP contribution >= 0.6 is 0 Å². The summed E-state index contributed by atoms with van der Waals surface area (Å²) in [5.74, 6) is -0.854. The summed E-state index contributed by atoms with van der Waals surface area (Å²) < 4.78 is 32.1.